The summed E-state index contributed by atoms with van der Waals surface area (Å²) in [7, 11) is 0. The van der Waals surface area contributed by atoms with Gasteiger partial charge in [-0.2, -0.15) is 0 Å². The third kappa shape index (κ3) is 6.32. The number of amides is 2. The highest BCUT2D eigenvalue weighted by Gasteiger charge is 2.18. The van der Waals surface area contributed by atoms with Gasteiger partial charge in [-0.1, -0.05) is 41.9 Å². The molecule has 0 radical (unpaired) electrons. The fraction of sp³-hybridized carbons (Fsp3) is 0.130. The Labute approximate surface area is 194 Å². The summed E-state index contributed by atoms with van der Waals surface area (Å²) in [4.78, 5) is 36.7. The van der Waals surface area contributed by atoms with Gasteiger partial charge in [0.15, 0.2) is 0 Å². The molecule has 3 rings (SSSR count). The van der Waals surface area contributed by atoms with E-state index in [9.17, 15) is 19.7 Å². The van der Waals surface area contributed by atoms with Crippen molar-refractivity contribution < 1.29 is 14.5 Å². The minimum absolute atomic E-state index is 0.0467. The van der Waals surface area contributed by atoms with Crippen LogP contribution < -0.4 is 10.6 Å². The van der Waals surface area contributed by atoms with E-state index in [0.29, 0.717) is 17.8 Å². The second-order valence-electron chi connectivity index (χ2n) is 6.69. The molecule has 0 aliphatic carbocycles. The lowest BCUT2D eigenvalue weighted by molar-refractivity contribution is -0.384. The lowest BCUT2D eigenvalue weighted by Gasteiger charge is -2.12. The summed E-state index contributed by atoms with van der Waals surface area (Å²) in [6.45, 7) is 0.495. The Morgan fingerprint density at radius 1 is 0.938 bits per heavy atom. The van der Waals surface area contributed by atoms with Crippen LogP contribution in [0.5, 0.6) is 0 Å². The maximum absolute atomic E-state index is 12.6. The molecule has 0 fully saturated rings. The zero-order valence-electron chi connectivity index (χ0n) is 16.9. The second-order valence-corrected chi connectivity index (χ2v) is 8.27. The Morgan fingerprint density at radius 2 is 1.66 bits per heavy atom. The lowest BCUT2D eigenvalue weighted by Crippen LogP contribution is -2.26. The number of halogens is 1. The van der Waals surface area contributed by atoms with E-state index in [1.54, 1.807) is 36.0 Å². The van der Waals surface area contributed by atoms with Crippen molar-refractivity contribution in [2.24, 2.45) is 0 Å². The van der Waals surface area contributed by atoms with Gasteiger partial charge >= 0.3 is 0 Å². The van der Waals surface area contributed by atoms with Crippen LogP contribution in [0, 0.1) is 10.1 Å². The molecular weight excluding hydrogens is 450 g/mol. The van der Waals surface area contributed by atoms with Gasteiger partial charge in [-0.3, -0.25) is 19.7 Å². The largest absolute Gasteiger partial charge is 0.352 e. The van der Waals surface area contributed by atoms with Crippen molar-refractivity contribution in [1.82, 2.24) is 5.32 Å². The summed E-state index contributed by atoms with van der Waals surface area (Å²) in [5, 5.41) is 16.3. The highest BCUT2D eigenvalue weighted by molar-refractivity contribution is 7.99. The van der Waals surface area contributed by atoms with Crippen molar-refractivity contribution in [2.75, 3.05) is 17.6 Å². The monoisotopic (exact) mass is 469 g/mol. The van der Waals surface area contributed by atoms with E-state index in [0.717, 1.165) is 18.2 Å². The van der Waals surface area contributed by atoms with Crippen LogP contribution in [-0.4, -0.2) is 29.0 Å². The second kappa shape index (κ2) is 11.3. The first-order valence-corrected chi connectivity index (χ1v) is 11.1. The molecule has 0 unspecified atom stereocenters. The summed E-state index contributed by atoms with van der Waals surface area (Å²) >= 11 is 7.75. The fourth-order valence-electron chi connectivity index (χ4n) is 2.86. The van der Waals surface area contributed by atoms with Crippen LogP contribution in [0.25, 0.3) is 0 Å². The number of carbonyl (C=O) groups is 2. The molecule has 0 saturated heterocycles. The Hall–Kier alpha value is -3.36. The summed E-state index contributed by atoms with van der Waals surface area (Å²) in [6.07, 6.45) is 0.790. The summed E-state index contributed by atoms with van der Waals surface area (Å²) in [5.74, 6) is -0.00812. The van der Waals surface area contributed by atoms with Gasteiger partial charge < -0.3 is 10.6 Å². The van der Waals surface area contributed by atoms with Gasteiger partial charge in [-0.15, -0.1) is 11.8 Å². The molecule has 164 valence electrons. The molecule has 9 heteroatoms. The number of rotatable bonds is 9. The lowest BCUT2D eigenvalue weighted by atomic mass is 10.1. The predicted molar refractivity (Wildman–Crippen MR) is 127 cm³/mol. The number of thioether (sulfide) groups is 1. The van der Waals surface area contributed by atoms with E-state index in [4.69, 9.17) is 11.6 Å². The number of carbonyl (C=O) groups excluding carboxylic acids is 2. The summed E-state index contributed by atoms with van der Waals surface area (Å²) in [6, 6.07) is 20.2. The average Bonchev–Trinajstić information content (AvgIpc) is 2.79. The van der Waals surface area contributed by atoms with Crippen molar-refractivity contribution >= 4 is 46.6 Å². The number of anilines is 1. The van der Waals surface area contributed by atoms with Crippen LogP contribution in [0.2, 0.25) is 5.02 Å². The number of benzene rings is 3. The Morgan fingerprint density at radius 3 is 2.38 bits per heavy atom. The molecule has 0 aliphatic rings. The van der Waals surface area contributed by atoms with Crippen molar-refractivity contribution in [3.8, 4) is 0 Å². The van der Waals surface area contributed by atoms with Crippen molar-refractivity contribution in [3.05, 3.63) is 99.1 Å². The van der Waals surface area contributed by atoms with Crippen LogP contribution in [0.1, 0.15) is 27.1 Å². The molecule has 0 aromatic heterocycles. The molecule has 7 nitrogen and oxygen atoms in total. The minimum atomic E-state index is -0.592. The molecule has 0 aliphatic heterocycles. The first-order chi connectivity index (χ1) is 15.5. The number of nitro benzene ring substituents is 1. The van der Waals surface area contributed by atoms with Gasteiger partial charge in [-0.05, 0) is 42.5 Å². The molecule has 0 atom stereocenters. The molecule has 0 saturated carbocycles. The maximum atomic E-state index is 12.6. The van der Waals surface area contributed by atoms with Crippen molar-refractivity contribution in [2.45, 2.75) is 11.3 Å². The fourth-order valence-corrected chi connectivity index (χ4v) is 3.99. The number of nitro groups is 1. The normalized spacial score (nSPS) is 10.4. The molecule has 32 heavy (non-hydrogen) atoms. The van der Waals surface area contributed by atoms with Crippen LogP contribution in [0.3, 0.4) is 0 Å². The first-order valence-electron chi connectivity index (χ1n) is 9.76. The maximum Gasteiger partial charge on any atom is 0.270 e. The molecular formula is C23H20ClN3O4S. The minimum Gasteiger partial charge on any atom is -0.352 e. The van der Waals surface area contributed by atoms with Crippen LogP contribution in [0.4, 0.5) is 11.4 Å². The third-order valence-corrected chi connectivity index (χ3v) is 5.86. The van der Waals surface area contributed by atoms with E-state index in [-0.39, 0.29) is 22.2 Å². The van der Waals surface area contributed by atoms with E-state index in [1.807, 2.05) is 30.3 Å². The zero-order chi connectivity index (χ0) is 22.9. The van der Waals surface area contributed by atoms with Gasteiger partial charge in [0.2, 0.25) is 0 Å². The van der Waals surface area contributed by atoms with Gasteiger partial charge in [0, 0.05) is 23.6 Å². The van der Waals surface area contributed by atoms with Gasteiger partial charge in [0.25, 0.3) is 17.5 Å². The molecule has 3 aromatic rings. The quantitative estimate of drug-likeness (QED) is 0.189. The standard InChI is InChI=1S/C23H20ClN3O4S/c24-20-15-16(27(30)31)11-12-18(20)23(29)26-21-10-5-4-9-19(21)22(28)25-13-6-14-32-17-7-2-1-3-8-17/h1-5,7-12,15H,6,13-14H2,(H,25,28)(H,26,29). The Bertz CT molecular complexity index is 1130. The SMILES string of the molecule is O=C(Nc1ccccc1C(=O)NCCCSc1ccccc1)c1ccc([N+](=O)[O-])cc1Cl. The smallest absolute Gasteiger partial charge is 0.270 e. The third-order valence-electron chi connectivity index (χ3n) is 4.45. The van der Waals surface area contributed by atoms with Crippen molar-refractivity contribution in [3.63, 3.8) is 0 Å². The zero-order valence-corrected chi connectivity index (χ0v) is 18.5. The highest BCUT2D eigenvalue weighted by atomic mass is 35.5. The number of hydrogen-bond acceptors (Lipinski definition) is 5. The van der Waals surface area contributed by atoms with E-state index >= 15 is 0 Å². The summed E-state index contributed by atoms with van der Waals surface area (Å²) < 4.78 is 0. The molecule has 2 N–H and O–H groups in total. The number of nitrogens with zero attached hydrogens (tertiary/aromatic N) is 1. The molecule has 0 bridgehead atoms. The number of hydrogen-bond donors (Lipinski definition) is 2. The van der Waals surface area contributed by atoms with Crippen molar-refractivity contribution in [1.29, 1.82) is 0 Å². The van der Waals surface area contributed by atoms with Gasteiger partial charge in [0.05, 0.1) is 26.8 Å². The molecule has 0 heterocycles. The topological polar surface area (TPSA) is 101 Å². The summed E-state index contributed by atoms with van der Waals surface area (Å²) in [5.41, 5.74) is 0.500. The molecule has 2 amide bonds. The Balaban J connectivity index is 1.58. The Kier molecular flexibility index (Phi) is 8.24. The number of para-hydroxylation sites is 1. The highest BCUT2D eigenvalue weighted by Crippen LogP contribution is 2.24. The molecule has 0 spiro atoms. The number of non-ortho nitro benzene ring substituents is 1. The van der Waals surface area contributed by atoms with Gasteiger partial charge in [-0.25, -0.2) is 0 Å². The van der Waals surface area contributed by atoms with E-state index in [2.05, 4.69) is 10.6 Å². The first kappa shape index (κ1) is 23.3. The van der Waals surface area contributed by atoms with Crippen LogP contribution in [-0.2, 0) is 0 Å². The molecule has 3 aromatic carbocycles. The van der Waals surface area contributed by atoms with E-state index in [1.165, 1.54) is 17.0 Å². The predicted octanol–water partition coefficient (Wildman–Crippen LogP) is 5.41. The van der Waals surface area contributed by atoms with Crippen LogP contribution >= 0.6 is 23.4 Å². The number of nitrogens with one attached hydrogen (secondary N) is 2. The van der Waals surface area contributed by atoms with Gasteiger partial charge in [0.1, 0.15) is 0 Å². The average molecular weight is 470 g/mol. The van der Waals surface area contributed by atoms with Crippen LogP contribution in [0.15, 0.2) is 77.7 Å². The van der Waals surface area contributed by atoms with E-state index < -0.39 is 10.8 Å².